The van der Waals surface area contributed by atoms with Gasteiger partial charge in [-0.15, -0.1) is 0 Å². The summed E-state index contributed by atoms with van der Waals surface area (Å²) in [5, 5.41) is 7.90. The van der Waals surface area contributed by atoms with Gasteiger partial charge in [0.05, 0.1) is 11.4 Å². The highest BCUT2D eigenvalue weighted by molar-refractivity contribution is 7.82. The summed E-state index contributed by atoms with van der Waals surface area (Å²) in [5.74, 6) is -5.06. The quantitative estimate of drug-likeness (QED) is 0.454. The minimum atomic E-state index is -1.77. The van der Waals surface area contributed by atoms with Crippen LogP contribution in [0, 0.1) is 24.4 Å². The van der Waals surface area contributed by atoms with Gasteiger partial charge in [-0.3, -0.25) is 4.79 Å². The van der Waals surface area contributed by atoms with Crippen LogP contribution in [0.25, 0.3) is 0 Å². The van der Waals surface area contributed by atoms with Gasteiger partial charge >= 0.3 is 0 Å². The molecule has 174 valence electrons. The van der Waals surface area contributed by atoms with E-state index in [1.807, 2.05) is 0 Å². The van der Waals surface area contributed by atoms with E-state index in [0.29, 0.717) is 16.9 Å². The third-order valence-electron chi connectivity index (χ3n) is 4.30. The summed E-state index contributed by atoms with van der Waals surface area (Å²) < 4.78 is 64.2. The molecule has 1 heterocycles. The number of hydrogen-bond acceptors (Lipinski definition) is 6. The van der Waals surface area contributed by atoms with Crippen molar-refractivity contribution >= 4 is 22.6 Å². The maximum Gasteiger partial charge on any atom is 0.262 e. The zero-order chi connectivity index (χ0) is 24.1. The Morgan fingerprint density at radius 1 is 1.15 bits per heavy atom. The monoisotopic (exact) mass is 480 g/mol. The molecule has 0 aliphatic rings. The zero-order valence-electron chi connectivity index (χ0n) is 17.2. The van der Waals surface area contributed by atoms with Crippen LogP contribution in [0.1, 0.15) is 11.3 Å². The van der Waals surface area contributed by atoms with E-state index < -0.39 is 52.5 Å². The summed E-state index contributed by atoms with van der Waals surface area (Å²) in [4.78, 5) is 16.2. The number of nitrogens with zero attached hydrogens (tertiary/aromatic N) is 1. The van der Waals surface area contributed by atoms with Crippen molar-refractivity contribution in [2.45, 2.75) is 18.5 Å². The fraction of sp³-hybridized carbons (Fsp3) is 0.143. The van der Waals surface area contributed by atoms with Crippen LogP contribution in [0.15, 0.2) is 47.5 Å². The molecule has 0 saturated carbocycles. The van der Waals surface area contributed by atoms with E-state index in [0.717, 1.165) is 24.3 Å². The number of halogens is 3. The summed E-state index contributed by atoms with van der Waals surface area (Å²) in [6, 6.07) is 8.16. The number of benzene rings is 2. The van der Waals surface area contributed by atoms with E-state index in [9.17, 15) is 22.2 Å². The summed E-state index contributed by atoms with van der Waals surface area (Å²) in [6.07, 6.45) is 0. The molecule has 0 spiro atoms. The van der Waals surface area contributed by atoms with Gasteiger partial charge in [0.25, 0.3) is 5.91 Å². The standard InChI is InChI=1S/C21H19F3N4O4S/c1-11-16(3-5-19(27-11)33(26)30)28-18(29)10-31-17-4-2-15(23)21(20(17)24)32-14-7-12(9-25)6-13(22)8-14/h2-8H,9-10,25-26H2,1H3,(H,28,29). The van der Waals surface area contributed by atoms with Crippen LogP contribution in [0.2, 0.25) is 0 Å². The smallest absolute Gasteiger partial charge is 0.262 e. The minimum absolute atomic E-state index is 0.000846. The van der Waals surface area contributed by atoms with Crippen molar-refractivity contribution in [3.8, 4) is 17.2 Å². The molecule has 1 atom stereocenters. The molecule has 8 nitrogen and oxygen atoms in total. The summed E-state index contributed by atoms with van der Waals surface area (Å²) >= 11 is 0. The second-order valence-electron chi connectivity index (χ2n) is 6.71. The van der Waals surface area contributed by atoms with Crippen molar-refractivity contribution in [2.24, 2.45) is 10.9 Å². The van der Waals surface area contributed by atoms with Crippen molar-refractivity contribution in [3.05, 3.63) is 71.2 Å². The van der Waals surface area contributed by atoms with Crippen molar-refractivity contribution < 1.29 is 31.6 Å². The summed E-state index contributed by atoms with van der Waals surface area (Å²) in [6.45, 7) is 0.945. The molecule has 1 amide bonds. The normalized spacial score (nSPS) is 11.7. The van der Waals surface area contributed by atoms with Crippen LogP contribution in [0.4, 0.5) is 18.9 Å². The van der Waals surface area contributed by atoms with Crippen molar-refractivity contribution in [2.75, 3.05) is 11.9 Å². The van der Waals surface area contributed by atoms with Crippen molar-refractivity contribution in [1.29, 1.82) is 0 Å². The highest BCUT2D eigenvalue weighted by atomic mass is 32.2. The lowest BCUT2D eigenvalue weighted by Crippen LogP contribution is -2.21. The van der Waals surface area contributed by atoms with Crippen LogP contribution in [-0.2, 0) is 22.3 Å². The second kappa shape index (κ2) is 10.4. The molecule has 33 heavy (non-hydrogen) atoms. The number of hydrogen-bond donors (Lipinski definition) is 3. The van der Waals surface area contributed by atoms with E-state index in [1.54, 1.807) is 6.92 Å². The molecule has 2 aromatic carbocycles. The Hall–Kier alpha value is -3.48. The molecule has 1 unspecified atom stereocenters. The van der Waals surface area contributed by atoms with Gasteiger partial charge in [-0.1, -0.05) is 0 Å². The molecule has 0 saturated heterocycles. The maximum atomic E-state index is 14.8. The fourth-order valence-electron chi connectivity index (χ4n) is 2.75. The number of anilines is 1. The maximum absolute atomic E-state index is 14.8. The Labute approximate surface area is 189 Å². The minimum Gasteiger partial charge on any atom is -0.481 e. The lowest BCUT2D eigenvalue weighted by Gasteiger charge is -2.13. The van der Waals surface area contributed by atoms with E-state index in [-0.39, 0.29) is 17.3 Å². The molecule has 0 radical (unpaired) electrons. The molecule has 0 aliphatic carbocycles. The molecule has 0 bridgehead atoms. The fourth-order valence-corrected chi connectivity index (χ4v) is 3.18. The third-order valence-corrected chi connectivity index (χ3v) is 4.94. The van der Waals surface area contributed by atoms with Crippen LogP contribution in [0.5, 0.6) is 17.2 Å². The first-order valence-electron chi connectivity index (χ1n) is 9.39. The molecule has 0 aliphatic heterocycles. The van der Waals surface area contributed by atoms with Gasteiger partial charge in [0.2, 0.25) is 11.6 Å². The van der Waals surface area contributed by atoms with Gasteiger partial charge in [-0.2, -0.15) is 4.39 Å². The number of aromatic nitrogens is 1. The number of aryl methyl sites for hydroxylation is 1. The number of pyridine rings is 1. The average molecular weight is 480 g/mol. The molecule has 3 rings (SSSR count). The highest BCUT2D eigenvalue weighted by Gasteiger charge is 2.19. The summed E-state index contributed by atoms with van der Waals surface area (Å²) in [5.41, 5.74) is 6.50. The SMILES string of the molecule is Cc1nc(S(N)=O)ccc1NC(=O)COc1ccc(F)c(Oc2cc(F)cc(CN)c2)c1F. The third kappa shape index (κ3) is 6.06. The number of ether oxygens (including phenoxy) is 2. The molecule has 12 heteroatoms. The van der Waals surface area contributed by atoms with Crippen molar-refractivity contribution in [3.63, 3.8) is 0 Å². The number of amides is 1. The molecular weight excluding hydrogens is 461 g/mol. The van der Waals surface area contributed by atoms with Gasteiger partial charge in [-0.25, -0.2) is 23.1 Å². The largest absolute Gasteiger partial charge is 0.481 e. The molecular formula is C21H19F3N4O4S. The van der Waals surface area contributed by atoms with E-state index >= 15 is 0 Å². The second-order valence-corrected chi connectivity index (χ2v) is 7.72. The van der Waals surface area contributed by atoms with Gasteiger partial charge < -0.3 is 20.5 Å². The molecule has 1 aromatic heterocycles. The Morgan fingerprint density at radius 3 is 2.58 bits per heavy atom. The van der Waals surface area contributed by atoms with Crippen LogP contribution in [0.3, 0.4) is 0 Å². The van der Waals surface area contributed by atoms with E-state index in [1.165, 1.54) is 18.2 Å². The Balaban J connectivity index is 1.71. The first-order chi connectivity index (χ1) is 15.7. The van der Waals surface area contributed by atoms with Crippen LogP contribution in [-0.4, -0.2) is 21.7 Å². The topological polar surface area (TPSA) is 130 Å². The predicted molar refractivity (Wildman–Crippen MR) is 114 cm³/mol. The number of nitrogens with one attached hydrogen (secondary N) is 1. The molecule has 3 aromatic rings. The number of carbonyl (C=O) groups is 1. The lowest BCUT2D eigenvalue weighted by atomic mass is 10.2. The Bertz CT molecular complexity index is 1230. The van der Waals surface area contributed by atoms with Gasteiger partial charge in [0.1, 0.15) is 27.6 Å². The number of nitrogens with two attached hydrogens (primary N) is 2. The van der Waals surface area contributed by atoms with E-state index in [4.69, 9.17) is 20.3 Å². The number of carbonyl (C=O) groups excluding carboxylic acids is 1. The van der Waals surface area contributed by atoms with Crippen molar-refractivity contribution in [1.82, 2.24) is 4.98 Å². The Morgan fingerprint density at radius 2 is 1.91 bits per heavy atom. The van der Waals surface area contributed by atoms with Gasteiger partial charge in [0.15, 0.2) is 18.2 Å². The molecule has 0 fully saturated rings. The Kier molecular flexibility index (Phi) is 7.63. The predicted octanol–water partition coefficient (Wildman–Crippen LogP) is 3.06. The zero-order valence-corrected chi connectivity index (χ0v) is 18.0. The van der Waals surface area contributed by atoms with Crippen LogP contribution >= 0.6 is 0 Å². The first-order valence-corrected chi connectivity index (χ1v) is 10.6. The lowest BCUT2D eigenvalue weighted by molar-refractivity contribution is -0.118. The van der Waals surface area contributed by atoms with Gasteiger partial charge in [-0.05, 0) is 48.9 Å². The first kappa shape index (κ1) is 24.2. The number of rotatable bonds is 8. The average Bonchev–Trinajstić information content (AvgIpc) is 2.77. The highest BCUT2D eigenvalue weighted by Crippen LogP contribution is 2.33. The van der Waals surface area contributed by atoms with Gasteiger partial charge in [0, 0.05) is 12.6 Å². The van der Waals surface area contributed by atoms with E-state index in [2.05, 4.69) is 10.3 Å². The molecule has 5 N–H and O–H groups in total. The summed E-state index contributed by atoms with van der Waals surface area (Å²) in [7, 11) is -1.77. The van der Waals surface area contributed by atoms with Crippen LogP contribution < -0.4 is 25.7 Å².